The first-order valence-corrected chi connectivity index (χ1v) is 23.2. The van der Waals surface area contributed by atoms with Crippen molar-refractivity contribution in [1.29, 1.82) is 0 Å². The highest BCUT2D eigenvalue weighted by Crippen LogP contribution is 2.69. The van der Waals surface area contributed by atoms with Crippen molar-refractivity contribution in [3.8, 4) is 0 Å². The molecular formula is C49H60Si. The summed E-state index contributed by atoms with van der Waals surface area (Å²) < 4.78 is 0. The van der Waals surface area contributed by atoms with Crippen LogP contribution in [0.3, 0.4) is 0 Å². The minimum Gasteiger partial charge on any atom is -0.0808 e. The van der Waals surface area contributed by atoms with Crippen LogP contribution in [0.4, 0.5) is 0 Å². The number of hydrogen-bond acceptors (Lipinski definition) is 0. The van der Waals surface area contributed by atoms with E-state index in [1.54, 1.807) is 27.9 Å². The molecule has 5 unspecified atom stereocenters. The Morgan fingerprint density at radius 3 is 1.88 bits per heavy atom. The molecule has 3 fully saturated rings. The van der Waals surface area contributed by atoms with Gasteiger partial charge in [0.15, 0.2) is 0 Å². The van der Waals surface area contributed by atoms with Crippen LogP contribution in [-0.4, -0.2) is 8.07 Å². The fourth-order valence-electron chi connectivity index (χ4n) is 12.5. The van der Waals surface area contributed by atoms with Gasteiger partial charge in [-0.1, -0.05) is 158 Å². The maximum absolute atomic E-state index is 2.87. The fourth-order valence-corrected chi connectivity index (χ4v) is 18.8. The molecule has 3 saturated carbocycles. The molecule has 0 bridgehead atoms. The SMILES string of the molecule is CC(C)C1C[C@H]2C(c3ccc(C(C)(C)C)cc3)=CC=CC2[C@@H]1[Si](C)(C)C1C(C)C[C@H]2C(c3ccccc3)=C3CCCC3=C(c3ccccc3)C12. The van der Waals surface area contributed by atoms with Gasteiger partial charge in [-0.3, -0.25) is 0 Å². The second kappa shape index (κ2) is 12.8. The van der Waals surface area contributed by atoms with E-state index in [-0.39, 0.29) is 5.41 Å². The number of allylic oxidation sites excluding steroid dienone is 8. The highest BCUT2D eigenvalue weighted by Gasteiger charge is 2.61. The third-order valence-corrected chi connectivity index (χ3v) is 19.5. The topological polar surface area (TPSA) is 0 Å². The number of rotatable bonds is 6. The van der Waals surface area contributed by atoms with Gasteiger partial charge in [0.2, 0.25) is 0 Å². The second-order valence-electron chi connectivity index (χ2n) is 18.7. The quantitative estimate of drug-likeness (QED) is 0.228. The minimum atomic E-state index is -1.89. The lowest BCUT2D eigenvalue weighted by Gasteiger charge is -2.49. The first-order valence-electron chi connectivity index (χ1n) is 20.0. The molecule has 50 heavy (non-hydrogen) atoms. The molecule has 1 heteroatoms. The van der Waals surface area contributed by atoms with E-state index < -0.39 is 8.07 Å². The summed E-state index contributed by atoms with van der Waals surface area (Å²) in [6, 6.07) is 33.0. The monoisotopic (exact) mass is 676 g/mol. The second-order valence-corrected chi connectivity index (χ2v) is 23.7. The molecule has 0 saturated heterocycles. The van der Waals surface area contributed by atoms with E-state index in [1.807, 2.05) is 0 Å². The molecule has 0 nitrogen and oxygen atoms in total. The van der Waals surface area contributed by atoms with Gasteiger partial charge in [0, 0.05) is 0 Å². The highest BCUT2D eigenvalue weighted by atomic mass is 28.3. The van der Waals surface area contributed by atoms with E-state index in [9.17, 15) is 0 Å². The predicted molar refractivity (Wildman–Crippen MR) is 219 cm³/mol. The molecule has 0 spiro atoms. The molecule has 0 amide bonds. The summed E-state index contributed by atoms with van der Waals surface area (Å²) in [5.74, 6) is 4.67. The molecule has 5 aliphatic rings. The number of fused-ring (bicyclic) bond motifs is 3. The summed E-state index contributed by atoms with van der Waals surface area (Å²) in [5.41, 5.74) is 16.1. The summed E-state index contributed by atoms with van der Waals surface area (Å²) in [6.07, 6.45) is 14.1. The van der Waals surface area contributed by atoms with Crippen LogP contribution < -0.4 is 0 Å². The van der Waals surface area contributed by atoms with Crippen LogP contribution in [0, 0.1) is 41.4 Å². The molecule has 0 aliphatic heterocycles. The van der Waals surface area contributed by atoms with Gasteiger partial charge in [-0.15, -0.1) is 0 Å². The summed E-state index contributed by atoms with van der Waals surface area (Å²) in [6.45, 7) is 20.5. The van der Waals surface area contributed by atoms with Gasteiger partial charge in [-0.2, -0.15) is 0 Å². The first kappa shape index (κ1) is 34.0. The third-order valence-electron chi connectivity index (χ3n) is 14.3. The average Bonchev–Trinajstić information content (AvgIpc) is 3.83. The molecular weight excluding hydrogens is 617 g/mol. The van der Waals surface area contributed by atoms with Gasteiger partial charge in [0.05, 0.1) is 8.07 Å². The Labute approximate surface area is 304 Å². The van der Waals surface area contributed by atoms with Crippen molar-refractivity contribution in [2.75, 3.05) is 0 Å². The Bertz CT molecular complexity index is 1840. The molecule has 8 atom stereocenters. The van der Waals surface area contributed by atoms with Crippen molar-refractivity contribution in [3.05, 3.63) is 137 Å². The molecule has 5 aliphatic carbocycles. The summed E-state index contributed by atoms with van der Waals surface area (Å²) in [5, 5.41) is 0. The van der Waals surface area contributed by atoms with Gasteiger partial charge in [0.25, 0.3) is 0 Å². The molecule has 260 valence electrons. The van der Waals surface area contributed by atoms with E-state index in [4.69, 9.17) is 0 Å². The standard InChI is InChI=1S/C49H60Si/c1-31(2)41-30-42-37(33-25-27-36(28-26-33)49(4,5)6)21-15-24-40(42)48(41)50(7,8)47-32(3)29-43-44(34-17-11-9-12-18-34)38-22-16-23-39(38)45(46(43)47)35-19-13-10-14-20-35/h9-15,17-21,24-28,31-32,40-43,46-48H,16,22-23,29-30H2,1-8H3/t32?,40?,41?,42-,43-,46?,47?,48-/m0/s1. The Balaban J connectivity index is 1.23. The van der Waals surface area contributed by atoms with Gasteiger partial charge < -0.3 is 0 Å². The number of hydrogen-bond donors (Lipinski definition) is 0. The van der Waals surface area contributed by atoms with Crippen LogP contribution in [0.5, 0.6) is 0 Å². The van der Waals surface area contributed by atoms with Gasteiger partial charge >= 0.3 is 0 Å². The third kappa shape index (κ3) is 5.53. The van der Waals surface area contributed by atoms with Crippen molar-refractivity contribution in [2.24, 2.45) is 41.4 Å². The number of benzene rings is 3. The van der Waals surface area contributed by atoms with Crippen molar-refractivity contribution in [2.45, 2.75) is 103 Å². The van der Waals surface area contributed by atoms with Crippen LogP contribution in [0.2, 0.25) is 24.2 Å². The molecule has 8 rings (SSSR count). The van der Waals surface area contributed by atoms with Crippen LogP contribution in [-0.2, 0) is 5.41 Å². The van der Waals surface area contributed by atoms with Crippen LogP contribution in [0.15, 0.2) is 114 Å². The maximum atomic E-state index is 2.87. The molecule has 3 aromatic carbocycles. The Hall–Kier alpha value is -3.16. The largest absolute Gasteiger partial charge is 0.0808 e. The summed E-state index contributed by atoms with van der Waals surface area (Å²) in [4.78, 5) is 0. The van der Waals surface area contributed by atoms with E-state index in [1.165, 1.54) is 54.4 Å². The van der Waals surface area contributed by atoms with Gasteiger partial charge in [-0.05, 0) is 140 Å². The fraction of sp³-hybridized carbons (Fsp3) is 0.469. The van der Waals surface area contributed by atoms with Crippen molar-refractivity contribution in [1.82, 2.24) is 0 Å². The molecule has 0 aromatic heterocycles. The summed E-state index contributed by atoms with van der Waals surface area (Å²) >= 11 is 0. The van der Waals surface area contributed by atoms with Crippen LogP contribution in [0.1, 0.15) is 95.9 Å². The normalized spacial score (nSPS) is 30.9. The Kier molecular flexibility index (Phi) is 8.69. The molecule has 0 radical (unpaired) electrons. The maximum Gasteiger partial charge on any atom is 0.0553 e. The van der Waals surface area contributed by atoms with E-state index in [0.717, 1.165) is 22.9 Å². The zero-order valence-corrected chi connectivity index (χ0v) is 33.0. The Morgan fingerprint density at radius 1 is 0.680 bits per heavy atom. The van der Waals surface area contributed by atoms with E-state index in [2.05, 4.69) is 158 Å². The molecule has 0 N–H and O–H groups in total. The average molecular weight is 677 g/mol. The Morgan fingerprint density at radius 2 is 1.28 bits per heavy atom. The van der Waals surface area contributed by atoms with Crippen molar-refractivity contribution >= 4 is 24.8 Å². The highest BCUT2D eigenvalue weighted by molar-refractivity contribution is 6.80. The van der Waals surface area contributed by atoms with Crippen LogP contribution in [0.25, 0.3) is 16.7 Å². The van der Waals surface area contributed by atoms with Crippen molar-refractivity contribution < 1.29 is 0 Å². The zero-order chi connectivity index (χ0) is 34.9. The first-order chi connectivity index (χ1) is 24.0. The van der Waals surface area contributed by atoms with E-state index in [0.29, 0.717) is 29.6 Å². The van der Waals surface area contributed by atoms with E-state index >= 15 is 0 Å². The van der Waals surface area contributed by atoms with Gasteiger partial charge in [0.1, 0.15) is 0 Å². The predicted octanol–water partition coefficient (Wildman–Crippen LogP) is 13.7. The lowest BCUT2D eigenvalue weighted by molar-refractivity contribution is 0.372. The van der Waals surface area contributed by atoms with Crippen molar-refractivity contribution in [3.63, 3.8) is 0 Å². The van der Waals surface area contributed by atoms with Crippen LogP contribution >= 0.6 is 0 Å². The lowest BCUT2D eigenvalue weighted by atomic mass is 9.70. The minimum absolute atomic E-state index is 0.177. The summed E-state index contributed by atoms with van der Waals surface area (Å²) in [7, 11) is -1.89. The lowest BCUT2D eigenvalue weighted by Crippen LogP contribution is -2.47. The van der Waals surface area contributed by atoms with Gasteiger partial charge in [-0.25, -0.2) is 0 Å². The smallest absolute Gasteiger partial charge is 0.0553 e. The molecule has 0 heterocycles. The molecule has 3 aromatic rings. The zero-order valence-electron chi connectivity index (χ0n) is 32.0.